The molecule has 0 bridgehead atoms. The molecule has 1 heterocycles. The summed E-state index contributed by atoms with van der Waals surface area (Å²) < 4.78 is 1.51. The highest BCUT2D eigenvalue weighted by Gasteiger charge is 2.25. The lowest BCUT2D eigenvalue weighted by atomic mass is 10.0. The van der Waals surface area contributed by atoms with E-state index in [-0.39, 0.29) is 5.91 Å². The van der Waals surface area contributed by atoms with Gasteiger partial charge in [0.1, 0.15) is 11.2 Å². The number of carbonyl (C=O) groups is 1. The highest BCUT2D eigenvalue weighted by atomic mass is 16.2. The molecule has 5 nitrogen and oxygen atoms in total. The summed E-state index contributed by atoms with van der Waals surface area (Å²) >= 11 is 0. The standard InChI is InChI=1S/C11H16N4O/c1-5-11(3,7-12)13-10(16)9-6-8(2)14-15(9)4/h6H,5H2,1-4H3,(H,13,16). The van der Waals surface area contributed by atoms with Gasteiger partial charge in [-0.2, -0.15) is 10.4 Å². The van der Waals surface area contributed by atoms with E-state index in [1.807, 2.05) is 13.8 Å². The molecule has 0 fully saturated rings. The second kappa shape index (κ2) is 4.35. The van der Waals surface area contributed by atoms with Gasteiger partial charge in [0.15, 0.2) is 0 Å². The van der Waals surface area contributed by atoms with Crippen LogP contribution in [0, 0.1) is 18.3 Å². The quantitative estimate of drug-likeness (QED) is 0.830. The molecular weight excluding hydrogens is 204 g/mol. The summed E-state index contributed by atoms with van der Waals surface area (Å²) in [4.78, 5) is 11.9. The van der Waals surface area contributed by atoms with E-state index in [0.717, 1.165) is 5.69 Å². The van der Waals surface area contributed by atoms with Gasteiger partial charge >= 0.3 is 0 Å². The predicted octanol–water partition coefficient (Wildman–Crippen LogP) is 1.15. The summed E-state index contributed by atoms with van der Waals surface area (Å²) in [6, 6.07) is 3.79. The zero-order chi connectivity index (χ0) is 12.3. The number of carbonyl (C=O) groups excluding carboxylic acids is 1. The van der Waals surface area contributed by atoms with Crippen LogP contribution in [-0.2, 0) is 7.05 Å². The van der Waals surface area contributed by atoms with Crippen LogP contribution < -0.4 is 5.32 Å². The van der Waals surface area contributed by atoms with Crippen molar-refractivity contribution in [2.24, 2.45) is 7.05 Å². The van der Waals surface area contributed by atoms with Crippen LogP contribution in [0.25, 0.3) is 0 Å². The van der Waals surface area contributed by atoms with E-state index in [0.29, 0.717) is 12.1 Å². The Bertz CT molecular complexity index is 443. The van der Waals surface area contributed by atoms with E-state index in [2.05, 4.69) is 16.5 Å². The molecule has 1 aromatic heterocycles. The Hall–Kier alpha value is -1.83. The molecule has 0 spiro atoms. The third kappa shape index (κ3) is 2.40. The number of rotatable bonds is 3. The third-order valence-electron chi connectivity index (χ3n) is 2.58. The predicted molar refractivity (Wildman–Crippen MR) is 59.7 cm³/mol. The average molecular weight is 220 g/mol. The van der Waals surface area contributed by atoms with Crippen molar-refractivity contribution in [2.75, 3.05) is 0 Å². The van der Waals surface area contributed by atoms with Gasteiger partial charge in [-0.1, -0.05) is 6.92 Å². The Balaban J connectivity index is 2.89. The number of aryl methyl sites for hydroxylation is 2. The van der Waals surface area contributed by atoms with Crippen LogP contribution in [0.15, 0.2) is 6.07 Å². The molecule has 0 aliphatic heterocycles. The molecular formula is C11H16N4O. The normalized spacial score (nSPS) is 13.9. The first kappa shape index (κ1) is 12.2. The smallest absolute Gasteiger partial charge is 0.270 e. The number of hydrogen-bond donors (Lipinski definition) is 1. The van der Waals surface area contributed by atoms with Crippen LogP contribution in [0.1, 0.15) is 36.5 Å². The Morgan fingerprint density at radius 3 is 2.75 bits per heavy atom. The summed E-state index contributed by atoms with van der Waals surface area (Å²) in [6.07, 6.45) is 0.562. The number of aromatic nitrogens is 2. The Morgan fingerprint density at radius 1 is 1.75 bits per heavy atom. The van der Waals surface area contributed by atoms with Crippen molar-refractivity contribution in [3.8, 4) is 6.07 Å². The zero-order valence-electron chi connectivity index (χ0n) is 10.0. The topological polar surface area (TPSA) is 70.7 Å². The lowest BCUT2D eigenvalue weighted by Gasteiger charge is -2.20. The number of nitriles is 1. The van der Waals surface area contributed by atoms with Crippen molar-refractivity contribution in [2.45, 2.75) is 32.7 Å². The molecule has 0 saturated carbocycles. The van der Waals surface area contributed by atoms with Crippen molar-refractivity contribution in [3.63, 3.8) is 0 Å². The van der Waals surface area contributed by atoms with Crippen LogP contribution >= 0.6 is 0 Å². The molecule has 1 aromatic rings. The van der Waals surface area contributed by atoms with Gasteiger partial charge in [-0.3, -0.25) is 9.48 Å². The summed E-state index contributed by atoms with van der Waals surface area (Å²) in [5.41, 5.74) is 0.421. The van der Waals surface area contributed by atoms with Gasteiger partial charge in [-0.05, 0) is 26.3 Å². The number of hydrogen-bond acceptors (Lipinski definition) is 3. The highest BCUT2D eigenvalue weighted by Crippen LogP contribution is 2.09. The molecule has 1 unspecified atom stereocenters. The van der Waals surface area contributed by atoms with E-state index in [4.69, 9.17) is 5.26 Å². The summed E-state index contributed by atoms with van der Waals surface area (Å²) in [5.74, 6) is -0.269. The average Bonchev–Trinajstić information content (AvgIpc) is 2.57. The van der Waals surface area contributed by atoms with E-state index in [9.17, 15) is 4.79 Å². The summed E-state index contributed by atoms with van der Waals surface area (Å²) in [7, 11) is 1.71. The lowest BCUT2D eigenvalue weighted by molar-refractivity contribution is 0.0913. The third-order valence-corrected chi connectivity index (χ3v) is 2.58. The molecule has 0 aliphatic rings. The molecule has 1 N–H and O–H groups in total. The number of nitrogens with one attached hydrogen (secondary N) is 1. The van der Waals surface area contributed by atoms with E-state index >= 15 is 0 Å². The van der Waals surface area contributed by atoms with Gasteiger partial charge in [0, 0.05) is 7.05 Å². The van der Waals surface area contributed by atoms with Crippen molar-refractivity contribution >= 4 is 5.91 Å². The highest BCUT2D eigenvalue weighted by molar-refractivity contribution is 5.93. The van der Waals surface area contributed by atoms with Gasteiger partial charge in [-0.15, -0.1) is 0 Å². The van der Waals surface area contributed by atoms with Gasteiger partial charge < -0.3 is 5.32 Å². The summed E-state index contributed by atoms with van der Waals surface area (Å²) in [5, 5.41) is 15.8. The molecule has 0 radical (unpaired) electrons. The second-order valence-corrected chi connectivity index (χ2v) is 4.05. The first-order valence-electron chi connectivity index (χ1n) is 5.16. The monoisotopic (exact) mass is 220 g/mol. The molecule has 1 atom stereocenters. The van der Waals surface area contributed by atoms with Crippen LogP contribution in [0.5, 0.6) is 0 Å². The second-order valence-electron chi connectivity index (χ2n) is 4.05. The largest absolute Gasteiger partial charge is 0.333 e. The minimum atomic E-state index is -0.824. The zero-order valence-corrected chi connectivity index (χ0v) is 10.0. The molecule has 86 valence electrons. The van der Waals surface area contributed by atoms with Crippen LogP contribution in [0.2, 0.25) is 0 Å². The molecule has 1 amide bonds. The van der Waals surface area contributed by atoms with Gasteiger partial charge in [0.2, 0.25) is 0 Å². The van der Waals surface area contributed by atoms with E-state index < -0.39 is 5.54 Å². The molecule has 0 aromatic carbocycles. The minimum Gasteiger partial charge on any atom is -0.333 e. The van der Waals surface area contributed by atoms with E-state index in [1.54, 1.807) is 20.0 Å². The maximum Gasteiger partial charge on any atom is 0.270 e. The molecule has 1 rings (SSSR count). The number of amides is 1. The molecule has 0 aliphatic carbocycles. The number of nitrogens with zero attached hydrogens (tertiary/aromatic N) is 3. The SMILES string of the molecule is CCC(C)(C#N)NC(=O)c1cc(C)nn1C. The van der Waals surface area contributed by atoms with Crippen LogP contribution in [0.4, 0.5) is 0 Å². The van der Waals surface area contributed by atoms with Gasteiger partial charge in [0.25, 0.3) is 5.91 Å². The van der Waals surface area contributed by atoms with Gasteiger partial charge in [-0.25, -0.2) is 0 Å². The fourth-order valence-corrected chi connectivity index (χ4v) is 1.33. The Labute approximate surface area is 95.1 Å². The van der Waals surface area contributed by atoms with Crippen molar-refractivity contribution < 1.29 is 4.79 Å². The maximum absolute atomic E-state index is 11.9. The first-order valence-corrected chi connectivity index (χ1v) is 5.16. The Kier molecular flexibility index (Phi) is 3.33. The molecule has 0 saturated heterocycles. The van der Waals surface area contributed by atoms with Crippen molar-refractivity contribution in [1.82, 2.24) is 15.1 Å². The fourth-order valence-electron chi connectivity index (χ4n) is 1.33. The Morgan fingerprint density at radius 2 is 2.38 bits per heavy atom. The van der Waals surface area contributed by atoms with E-state index in [1.165, 1.54) is 4.68 Å². The fraction of sp³-hybridized carbons (Fsp3) is 0.545. The van der Waals surface area contributed by atoms with Crippen molar-refractivity contribution in [3.05, 3.63) is 17.5 Å². The maximum atomic E-state index is 11.9. The van der Waals surface area contributed by atoms with Crippen molar-refractivity contribution in [1.29, 1.82) is 5.26 Å². The van der Waals surface area contributed by atoms with Crippen LogP contribution in [0.3, 0.4) is 0 Å². The first-order chi connectivity index (χ1) is 7.41. The summed E-state index contributed by atoms with van der Waals surface area (Å²) in [6.45, 7) is 5.38. The molecule has 16 heavy (non-hydrogen) atoms. The lowest BCUT2D eigenvalue weighted by Crippen LogP contribution is -2.44. The van der Waals surface area contributed by atoms with Gasteiger partial charge in [0.05, 0.1) is 11.8 Å². The molecule has 5 heteroatoms. The minimum absolute atomic E-state index is 0.269. The van der Waals surface area contributed by atoms with Crippen LogP contribution in [-0.4, -0.2) is 21.2 Å².